The van der Waals surface area contributed by atoms with Gasteiger partial charge in [0.15, 0.2) is 11.5 Å². The molecule has 0 saturated carbocycles. The maximum atomic E-state index is 9.79. The SMILES string of the molecule is Cc1ccc(Cc2ccccc2)c(O)c1O. The lowest BCUT2D eigenvalue weighted by Gasteiger charge is -2.08. The molecule has 2 N–H and O–H groups in total. The quantitative estimate of drug-likeness (QED) is 0.754. The highest BCUT2D eigenvalue weighted by Gasteiger charge is 2.09. The van der Waals surface area contributed by atoms with E-state index in [9.17, 15) is 10.2 Å². The van der Waals surface area contributed by atoms with Crippen LogP contribution in [0.5, 0.6) is 11.5 Å². The first-order valence-corrected chi connectivity index (χ1v) is 5.23. The molecule has 0 aliphatic heterocycles. The first kappa shape index (κ1) is 10.6. The van der Waals surface area contributed by atoms with Crippen LogP contribution in [0.25, 0.3) is 0 Å². The number of hydrogen-bond donors (Lipinski definition) is 2. The lowest BCUT2D eigenvalue weighted by Crippen LogP contribution is -1.89. The van der Waals surface area contributed by atoms with Crippen molar-refractivity contribution in [2.45, 2.75) is 13.3 Å². The van der Waals surface area contributed by atoms with E-state index in [0.29, 0.717) is 12.0 Å². The van der Waals surface area contributed by atoms with Crippen LogP contribution in [0.4, 0.5) is 0 Å². The summed E-state index contributed by atoms with van der Waals surface area (Å²) in [5.41, 5.74) is 2.55. The van der Waals surface area contributed by atoms with Gasteiger partial charge in [0, 0.05) is 12.0 Å². The Hall–Kier alpha value is -1.96. The summed E-state index contributed by atoms with van der Waals surface area (Å²) in [6.45, 7) is 1.77. The summed E-state index contributed by atoms with van der Waals surface area (Å²) in [5, 5.41) is 19.4. The van der Waals surface area contributed by atoms with E-state index in [1.54, 1.807) is 6.92 Å². The third-order valence-corrected chi connectivity index (χ3v) is 2.67. The fraction of sp³-hybridized carbons (Fsp3) is 0.143. The molecule has 2 heteroatoms. The van der Waals surface area contributed by atoms with Crippen molar-refractivity contribution in [2.24, 2.45) is 0 Å². The molecule has 0 fully saturated rings. The molecule has 2 rings (SSSR count). The van der Waals surface area contributed by atoms with Gasteiger partial charge in [0.25, 0.3) is 0 Å². The Morgan fingerprint density at radius 2 is 1.56 bits per heavy atom. The van der Waals surface area contributed by atoms with E-state index in [4.69, 9.17) is 0 Å². The van der Waals surface area contributed by atoms with Crippen LogP contribution in [0.1, 0.15) is 16.7 Å². The molecule has 0 unspecified atom stereocenters. The van der Waals surface area contributed by atoms with Crippen LogP contribution in [0, 0.1) is 6.92 Å². The van der Waals surface area contributed by atoms with E-state index in [1.165, 1.54) is 0 Å². The fourth-order valence-corrected chi connectivity index (χ4v) is 1.68. The molecule has 82 valence electrons. The van der Waals surface area contributed by atoms with Crippen molar-refractivity contribution in [2.75, 3.05) is 0 Å². The molecule has 0 heterocycles. The minimum absolute atomic E-state index is 0.0103. The number of phenolic OH excluding ortho intramolecular Hbond substituents is 2. The van der Waals surface area contributed by atoms with Crippen LogP contribution in [0.2, 0.25) is 0 Å². The van der Waals surface area contributed by atoms with E-state index < -0.39 is 0 Å². The maximum absolute atomic E-state index is 9.79. The van der Waals surface area contributed by atoms with Gasteiger partial charge < -0.3 is 10.2 Å². The van der Waals surface area contributed by atoms with Crippen LogP contribution < -0.4 is 0 Å². The Morgan fingerprint density at radius 3 is 2.25 bits per heavy atom. The Labute approximate surface area is 94.8 Å². The zero-order valence-corrected chi connectivity index (χ0v) is 9.14. The third kappa shape index (κ3) is 2.01. The number of phenols is 2. The summed E-state index contributed by atoms with van der Waals surface area (Å²) in [4.78, 5) is 0. The monoisotopic (exact) mass is 214 g/mol. The summed E-state index contributed by atoms with van der Waals surface area (Å²) in [6, 6.07) is 13.5. The first-order valence-electron chi connectivity index (χ1n) is 5.23. The maximum Gasteiger partial charge on any atom is 0.161 e. The smallest absolute Gasteiger partial charge is 0.161 e. The van der Waals surface area contributed by atoms with Crippen LogP contribution in [0.15, 0.2) is 42.5 Å². The molecule has 2 nitrogen and oxygen atoms in total. The molecule has 0 spiro atoms. The average Bonchev–Trinajstić information content (AvgIpc) is 2.31. The molecule has 16 heavy (non-hydrogen) atoms. The lowest BCUT2D eigenvalue weighted by atomic mass is 10.0. The van der Waals surface area contributed by atoms with Crippen molar-refractivity contribution < 1.29 is 10.2 Å². The molecular formula is C14H14O2. The second kappa shape index (κ2) is 4.27. The highest BCUT2D eigenvalue weighted by Crippen LogP contribution is 2.33. The van der Waals surface area contributed by atoms with Gasteiger partial charge in [-0.1, -0.05) is 42.5 Å². The van der Waals surface area contributed by atoms with Gasteiger partial charge in [0.1, 0.15) is 0 Å². The molecular weight excluding hydrogens is 200 g/mol. The van der Waals surface area contributed by atoms with Crippen LogP contribution in [0.3, 0.4) is 0 Å². The Balaban J connectivity index is 2.33. The number of aryl methyl sites for hydroxylation is 1. The molecule has 0 atom stereocenters. The highest BCUT2D eigenvalue weighted by molar-refractivity contribution is 5.50. The van der Waals surface area contributed by atoms with Gasteiger partial charge in [0.2, 0.25) is 0 Å². The topological polar surface area (TPSA) is 40.5 Å². The predicted octanol–water partition coefficient (Wildman–Crippen LogP) is 3.00. The Kier molecular flexibility index (Phi) is 2.82. The molecule has 0 bridgehead atoms. The van der Waals surface area contributed by atoms with Gasteiger partial charge in [0.05, 0.1) is 0 Å². The molecule has 0 radical (unpaired) electrons. The molecule has 0 amide bonds. The normalized spacial score (nSPS) is 10.3. The summed E-state index contributed by atoms with van der Waals surface area (Å²) in [7, 11) is 0. The number of benzene rings is 2. The Morgan fingerprint density at radius 1 is 0.875 bits per heavy atom. The van der Waals surface area contributed by atoms with E-state index in [-0.39, 0.29) is 11.5 Å². The molecule has 2 aromatic carbocycles. The molecule has 0 aromatic heterocycles. The number of hydrogen-bond acceptors (Lipinski definition) is 2. The molecule has 0 aliphatic rings. The number of aromatic hydroxyl groups is 2. The van der Waals surface area contributed by atoms with Crippen molar-refractivity contribution in [3.05, 3.63) is 59.2 Å². The average molecular weight is 214 g/mol. The summed E-state index contributed by atoms with van der Waals surface area (Å²) in [5.74, 6) is -0.0303. The van der Waals surface area contributed by atoms with E-state index in [1.807, 2.05) is 42.5 Å². The number of rotatable bonds is 2. The first-order chi connectivity index (χ1) is 7.68. The van der Waals surface area contributed by atoms with Crippen LogP contribution in [-0.4, -0.2) is 10.2 Å². The minimum atomic E-state index is -0.0200. The second-order valence-electron chi connectivity index (χ2n) is 3.90. The predicted molar refractivity (Wildman–Crippen MR) is 63.8 cm³/mol. The van der Waals surface area contributed by atoms with Gasteiger partial charge in [-0.15, -0.1) is 0 Å². The van der Waals surface area contributed by atoms with Crippen molar-refractivity contribution in [1.82, 2.24) is 0 Å². The van der Waals surface area contributed by atoms with E-state index in [2.05, 4.69) is 0 Å². The highest BCUT2D eigenvalue weighted by atomic mass is 16.3. The molecule has 2 aromatic rings. The summed E-state index contributed by atoms with van der Waals surface area (Å²) in [6.07, 6.45) is 0.626. The van der Waals surface area contributed by atoms with Gasteiger partial charge in [-0.05, 0) is 18.1 Å². The fourth-order valence-electron chi connectivity index (χ4n) is 1.68. The summed E-state index contributed by atoms with van der Waals surface area (Å²) >= 11 is 0. The van der Waals surface area contributed by atoms with E-state index >= 15 is 0 Å². The van der Waals surface area contributed by atoms with Gasteiger partial charge >= 0.3 is 0 Å². The van der Waals surface area contributed by atoms with Crippen molar-refractivity contribution in [3.63, 3.8) is 0 Å². The molecule has 0 aliphatic carbocycles. The van der Waals surface area contributed by atoms with E-state index in [0.717, 1.165) is 11.1 Å². The second-order valence-corrected chi connectivity index (χ2v) is 3.90. The van der Waals surface area contributed by atoms with Gasteiger partial charge in [-0.2, -0.15) is 0 Å². The largest absolute Gasteiger partial charge is 0.504 e. The minimum Gasteiger partial charge on any atom is -0.504 e. The van der Waals surface area contributed by atoms with Gasteiger partial charge in [-0.3, -0.25) is 0 Å². The third-order valence-electron chi connectivity index (χ3n) is 2.67. The van der Waals surface area contributed by atoms with Crippen LogP contribution in [-0.2, 0) is 6.42 Å². The zero-order chi connectivity index (χ0) is 11.5. The van der Waals surface area contributed by atoms with Crippen molar-refractivity contribution in [1.29, 1.82) is 0 Å². The van der Waals surface area contributed by atoms with Crippen LogP contribution >= 0.6 is 0 Å². The Bertz CT molecular complexity index is 490. The standard InChI is InChI=1S/C14H14O2/c1-10-7-8-12(14(16)13(10)15)9-11-5-3-2-4-6-11/h2-8,15-16H,9H2,1H3. The lowest BCUT2D eigenvalue weighted by molar-refractivity contribution is 0.397. The van der Waals surface area contributed by atoms with Gasteiger partial charge in [-0.25, -0.2) is 0 Å². The van der Waals surface area contributed by atoms with Crippen molar-refractivity contribution >= 4 is 0 Å². The summed E-state index contributed by atoms with van der Waals surface area (Å²) < 4.78 is 0. The van der Waals surface area contributed by atoms with Crippen molar-refractivity contribution in [3.8, 4) is 11.5 Å². The zero-order valence-electron chi connectivity index (χ0n) is 9.14. The molecule has 0 saturated heterocycles.